The molecule has 0 radical (unpaired) electrons. The second-order valence-corrected chi connectivity index (χ2v) is 7.68. The molecule has 0 fully saturated rings. The lowest BCUT2D eigenvalue weighted by Crippen LogP contribution is -2.26. The number of halogens is 2. The maximum atomic E-state index is 13.3. The number of hydrogen-bond acceptors (Lipinski definition) is 4. The number of rotatable bonds is 6. The Kier molecular flexibility index (Phi) is 5.46. The van der Waals surface area contributed by atoms with Crippen LogP contribution in [0.15, 0.2) is 70.2 Å². The Labute approximate surface area is 160 Å². The molecule has 9 heteroatoms. The summed E-state index contributed by atoms with van der Waals surface area (Å²) in [7, 11) is -2.49. The predicted molar refractivity (Wildman–Crippen MR) is 98.1 cm³/mol. The van der Waals surface area contributed by atoms with Gasteiger partial charge in [0, 0.05) is 18.3 Å². The maximum absolute atomic E-state index is 13.3. The van der Waals surface area contributed by atoms with Crippen molar-refractivity contribution < 1.29 is 26.4 Å². The van der Waals surface area contributed by atoms with Gasteiger partial charge in [0.15, 0.2) is 11.6 Å². The molecule has 0 saturated heterocycles. The van der Waals surface area contributed by atoms with Crippen LogP contribution in [0.2, 0.25) is 0 Å². The topological polar surface area (TPSA) is 79.6 Å². The molecule has 6 nitrogen and oxygen atoms in total. The molecule has 0 aliphatic heterocycles. The van der Waals surface area contributed by atoms with Crippen molar-refractivity contribution in [2.24, 2.45) is 0 Å². The van der Waals surface area contributed by atoms with Crippen molar-refractivity contribution in [3.05, 3.63) is 83.8 Å². The molecule has 0 saturated carbocycles. The zero-order valence-corrected chi connectivity index (χ0v) is 15.5. The first-order valence-corrected chi connectivity index (χ1v) is 9.60. The Bertz CT molecular complexity index is 1080. The molecular formula is C19H16F2N2O4S. The van der Waals surface area contributed by atoms with Gasteiger partial charge in [-0.2, -0.15) is 0 Å². The van der Waals surface area contributed by atoms with E-state index in [9.17, 15) is 22.0 Å². The first-order chi connectivity index (χ1) is 13.3. The summed E-state index contributed by atoms with van der Waals surface area (Å²) in [6.07, 6.45) is 1.52. The zero-order valence-electron chi connectivity index (χ0n) is 14.7. The molecule has 0 aliphatic rings. The average molecular weight is 406 g/mol. The number of benzene rings is 2. The van der Waals surface area contributed by atoms with Crippen molar-refractivity contribution in [3.63, 3.8) is 0 Å². The number of carbonyl (C=O) groups is 1. The van der Waals surface area contributed by atoms with Gasteiger partial charge in [0.05, 0.1) is 17.7 Å². The van der Waals surface area contributed by atoms with Crippen molar-refractivity contribution in [1.29, 1.82) is 0 Å². The van der Waals surface area contributed by atoms with Crippen molar-refractivity contribution in [3.8, 4) is 0 Å². The molecule has 0 unspecified atom stereocenters. The third kappa shape index (κ3) is 4.37. The summed E-state index contributed by atoms with van der Waals surface area (Å²) < 4.78 is 58.3. The maximum Gasteiger partial charge on any atom is 0.261 e. The van der Waals surface area contributed by atoms with Gasteiger partial charge in [0.25, 0.3) is 15.9 Å². The fourth-order valence-corrected chi connectivity index (χ4v) is 3.54. The Morgan fingerprint density at radius 1 is 1.07 bits per heavy atom. The average Bonchev–Trinajstić information content (AvgIpc) is 3.16. The Morgan fingerprint density at radius 2 is 1.79 bits per heavy atom. The van der Waals surface area contributed by atoms with Gasteiger partial charge in [-0.25, -0.2) is 17.2 Å². The third-order valence-electron chi connectivity index (χ3n) is 3.91. The van der Waals surface area contributed by atoms with Gasteiger partial charge in [0.2, 0.25) is 0 Å². The molecular weight excluding hydrogens is 390 g/mol. The summed E-state index contributed by atoms with van der Waals surface area (Å²) in [6.45, 7) is 0.288. The minimum atomic E-state index is -4.10. The second kappa shape index (κ2) is 7.81. The summed E-state index contributed by atoms with van der Waals surface area (Å²) in [5.74, 6) is -2.04. The molecule has 0 bridgehead atoms. The number of nitrogens with zero attached hydrogens (tertiary/aromatic N) is 1. The summed E-state index contributed by atoms with van der Waals surface area (Å²) in [4.78, 5) is 13.5. The first-order valence-electron chi connectivity index (χ1n) is 8.12. The van der Waals surface area contributed by atoms with E-state index in [4.69, 9.17) is 4.42 Å². The fourth-order valence-electron chi connectivity index (χ4n) is 2.47. The van der Waals surface area contributed by atoms with Gasteiger partial charge in [-0.1, -0.05) is 0 Å². The second-order valence-electron chi connectivity index (χ2n) is 6.00. The Morgan fingerprint density at radius 3 is 2.39 bits per heavy atom. The van der Waals surface area contributed by atoms with Crippen molar-refractivity contribution >= 4 is 21.6 Å². The van der Waals surface area contributed by atoms with E-state index in [1.54, 1.807) is 19.2 Å². The monoisotopic (exact) mass is 406 g/mol. The molecule has 0 spiro atoms. The van der Waals surface area contributed by atoms with Crippen LogP contribution in [0, 0.1) is 11.6 Å². The van der Waals surface area contributed by atoms with Crippen molar-refractivity contribution in [2.45, 2.75) is 11.4 Å². The Hall–Kier alpha value is -3.20. The van der Waals surface area contributed by atoms with Gasteiger partial charge < -0.3 is 9.32 Å². The molecule has 1 N–H and O–H groups in total. The highest BCUT2D eigenvalue weighted by Gasteiger charge is 2.18. The Balaban J connectivity index is 1.71. The number of nitrogens with one attached hydrogen (secondary N) is 1. The molecule has 1 heterocycles. The molecule has 0 aliphatic carbocycles. The van der Waals surface area contributed by atoms with Crippen LogP contribution in [0.5, 0.6) is 0 Å². The van der Waals surface area contributed by atoms with Gasteiger partial charge in [-0.15, -0.1) is 0 Å². The normalized spacial score (nSPS) is 11.2. The molecule has 1 aromatic heterocycles. The summed E-state index contributed by atoms with van der Waals surface area (Å²) in [5, 5.41) is 0. The smallest absolute Gasteiger partial charge is 0.261 e. The summed E-state index contributed by atoms with van der Waals surface area (Å²) >= 11 is 0. The lowest BCUT2D eigenvalue weighted by atomic mass is 10.2. The van der Waals surface area contributed by atoms with Gasteiger partial charge >= 0.3 is 0 Å². The van der Waals surface area contributed by atoms with Crippen LogP contribution < -0.4 is 4.72 Å². The molecule has 0 atom stereocenters. The largest absolute Gasteiger partial charge is 0.467 e. The number of hydrogen-bond donors (Lipinski definition) is 1. The number of furan rings is 1. The van der Waals surface area contributed by atoms with E-state index in [2.05, 4.69) is 4.72 Å². The van der Waals surface area contributed by atoms with Crippen LogP contribution in [0.25, 0.3) is 0 Å². The number of carbonyl (C=O) groups excluding carboxylic acids is 1. The minimum absolute atomic E-state index is 0.176. The van der Waals surface area contributed by atoms with Crippen molar-refractivity contribution in [1.82, 2.24) is 4.90 Å². The minimum Gasteiger partial charge on any atom is -0.467 e. The van der Waals surface area contributed by atoms with Crippen molar-refractivity contribution in [2.75, 3.05) is 11.8 Å². The zero-order chi connectivity index (χ0) is 20.3. The third-order valence-corrected chi connectivity index (χ3v) is 5.28. The van der Waals surface area contributed by atoms with Crippen LogP contribution in [-0.4, -0.2) is 26.3 Å². The van der Waals surface area contributed by atoms with E-state index in [1.165, 1.54) is 35.4 Å². The van der Waals surface area contributed by atoms with E-state index >= 15 is 0 Å². The lowest BCUT2D eigenvalue weighted by molar-refractivity contribution is 0.0775. The highest BCUT2D eigenvalue weighted by Crippen LogP contribution is 2.19. The summed E-state index contributed by atoms with van der Waals surface area (Å²) in [6, 6.07) is 11.5. The highest BCUT2D eigenvalue weighted by molar-refractivity contribution is 7.92. The van der Waals surface area contributed by atoms with E-state index in [-0.39, 0.29) is 18.1 Å². The SMILES string of the molecule is CN(Cc1ccco1)C(=O)c1ccc(NS(=O)(=O)c2ccc(F)c(F)c2)cc1. The summed E-state index contributed by atoms with van der Waals surface area (Å²) in [5.41, 5.74) is 0.528. The first kappa shape index (κ1) is 19.6. The number of sulfonamides is 1. The van der Waals surface area contributed by atoms with Crippen LogP contribution in [-0.2, 0) is 16.6 Å². The molecule has 1 amide bonds. The van der Waals surface area contributed by atoms with Crippen LogP contribution >= 0.6 is 0 Å². The van der Waals surface area contributed by atoms with Gasteiger partial charge in [0.1, 0.15) is 5.76 Å². The van der Waals surface area contributed by atoms with E-state index < -0.39 is 26.6 Å². The van der Waals surface area contributed by atoms with Gasteiger partial charge in [-0.3, -0.25) is 9.52 Å². The molecule has 28 heavy (non-hydrogen) atoms. The van der Waals surface area contributed by atoms with Crippen LogP contribution in [0.4, 0.5) is 14.5 Å². The standard InChI is InChI=1S/C19H16F2N2O4S/c1-23(12-15-3-2-10-27-15)19(24)13-4-6-14(7-5-13)22-28(25,26)16-8-9-17(20)18(21)11-16/h2-11,22H,12H2,1H3. The molecule has 146 valence electrons. The lowest BCUT2D eigenvalue weighted by Gasteiger charge is -2.16. The molecule has 3 rings (SSSR count). The molecule has 3 aromatic rings. The highest BCUT2D eigenvalue weighted by atomic mass is 32.2. The van der Waals surface area contributed by atoms with Crippen LogP contribution in [0.1, 0.15) is 16.1 Å². The van der Waals surface area contributed by atoms with E-state index in [1.807, 2.05) is 0 Å². The predicted octanol–water partition coefficient (Wildman–Crippen LogP) is 3.63. The van der Waals surface area contributed by atoms with Crippen LogP contribution in [0.3, 0.4) is 0 Å². The molecule has 2 aromatic carbocycles. The number of amides is 1. The van der Waals surface area contributed by atoms with E-state index in [0.29, 0.717) is 17.4 Å². The number of anilines is 1. The van der Waals surface area contributed by atoms with E-state index in [0.717, 1.165) is 12.1 Å². The fraction of sp³-hybridized carbons (Fsp3) is 0.105. The van der Waals surface area contributed by atoms with Gasteiger partial charge in [-0.05, 0) is 54.6 Å². The quantitative estimate of drug-likeness (QED) is 0.678.